The molecule has 0 aliphatic heterocycles. The molecule has 76 valence electrons. The molecule has 0 aliphatic rings. The van der Waals surface area contributed by atoms with Crippen LogP contribution >= 0.6 is 11.8 Å². The van der Waals surface area contributed by atoms with Crippen LogP contribution in [0.15, 0.2) is 23.1 Å². The van der Waals surface area contributed by atoms with Gasteiger partial charge in [-0.1, -0.05) is 6.07 Å². The van der Waals surface area contributed by atoms with Crippen LogP contribution in [0.4, 0.5) is 0 Å². The zero-order chi connectivity index (χ0) is 10.4. The van der Waals surface area contributed by atoms with Gasteiger partial charge in [0, 0.05) is 11.3 Å². The number of hydrogen-bond acceptors (Lipinski definition) is 3. The van der Waals surface area contributed by atoms with Crippen molar-refractivity contribution in [2.45, 2.75) is 17.7 Å². The monoisotopic (exact) mass is 210 g/mol. The molecule has 0 unspecified atom stereocenters. The average Bonchev–Trinajstić information content (AvgIpc) is 2.25. The molecule has 0 saturated carbocycles. The van der Waals surface area contributed by atoms with Gasteiger partial charge in [0.25, 0.3) is 0 Å². The van der Waals surface area contributed by atoms with Crippen LogP contribution in [0, 0.1) is 0 Å². The summed E-state index contributed by atoms with van der Waals surface area (Å²) in [7, 11) is 1.67. The van der Waals surface area contributed by atoms with E-state index >= 15 is 0 Å². The maximum atomic E-state index is 10.2. The fourth-order valence-electron chi connectivity index (χ4n) is 1.26. The standard InChI is InChI=1S/C11H14O2S/c1-13-10-8-9(4-3-7-12)5-6-11(10)14-2/h5-8H,3-4H2,1-2H3. The number of methoxy groups -OCH3 is 1. The molecule has 1 aromatic carbocycles. The molecule has 0 fully saturated rings. The maximum absolute atomic E-state index is 10.2. The first-order valence-electron chi connectivity index (χ1n) is 4.46. The van der Waals surface area contributed by atoms with Crippen molar-refractivity contribution in [2.24, 2.45) is 0 Å². The first kappa shape index (κ1) is 11.1. The van der Waals surface area contributed by atoms with Gasteiger partial charge in [0.15, 0.2) is 0 Å². The number of ether oxygens (including phenoxy) is 1. The summed E-state index contributed by atoms with van der Waals surface area (Å²) in [5, 5.41) is 0. The number of thioether (sulfide) groups is 1. The summed E-state index contributed by atoms with van der Waals surface area (Å²) in [6.07, 6.45) is 4.31. The fourth-order valence-corrected chi connectivity index (χ4v) is 1.81. The Morgan fingerprint density at radius 2 is 2.29 bits per heavy atom. The van der Waals surface area contributed by atoms with Crippen LogP contribution in [0.2, 0.25) is 0 Å². The fraction of sp³-hybridized carbons (Fsp3) is 0.364. The van der Waals surface area contributed by atoms with E-state index < -0.39 is 0 Å². The van der Waals surface area contributed by atoms with Gasteiger partial charge in [0.05, 0.1) is 7.11 Å². The van der Waals surface area contributed by atoms with Crippen molar-refractivity contribution in [1.29, 1.82) is 0 Å². The van der Waals surface area contributed by atoms with Gasteiger partial charge in [-0.15, -0.1) is 11.8 Å². The summed E-state index contributed by atoms with van der Waals surface area (Å²) in [5.74, 6) is 0.890. The highest BCUT2D eigenvalue weighted by molar-refractivity contribution is 7.98. The summed E-state index contributed by atoms with van der Waals surface area (Å²) in [4.78, 5) is 11.3. The second-order valence-electron chi connectivity index (χ2n) is 2.89. The van der Waals surface area contributed by atoms with Crippen molar-refractivity contribution in [3.63, 3.8) is 0 Å². The number of aldehydes is 1. The third-order valence-corrected chi connectivity index (χ3v) is 2.78. The summed E-state index contributed by atoms with van der Waals surface area (Å²) < 4.78 is 5.25. The highest BCUT2D eigenvalue weighted by Gasteiger charge is 2.02. The van der Waals surface area contributed by atoms with Crippen LogP contribution in [0.5, 0.6) is 5.75 Å². The van der Waals surface area contributed by atoms with E-state index in [1.807, 2.05) is 24.5 Å². The van der Waals surface area contributed by atoms with E-state index in [-0.39, 0.29) is 0 Å². The van der Waals surface area contributed by atoms with Gasteiger partial charge >= 0.3 is 0 Å². The molecule has 14 heavy (non-hydrogen) atoms. The molecule has 0 N–H and O–H groups in total. The Morgan fingerprint density at radius 1 is 1.50 bits per heavy atom. The molecule has 3 heteroatoms. The minimum atomic E-state index is 0.571. The lowest BCUT2D eigenvalue weighted by Gasteiger charge is -2.07. The third kappa shape index (κ3) is 2.77. The molecule has 0 saturated heterocycles. The van der Waals surface area contributed by atoms with Gasteiger partial charge in [-0.3, -0.25) is 0 Å². The molecule has 0 spiro atoms. The Bertz CT molecular complexity index is 310. The number of aryl methyl sites for hydroxylation is 1. The lowest BCUT2D eigenvalue weighted by atomic mass is 10.1. The molecule has 0 aromatic heterocycles. The largest absolute Gasteiger partial charge is 0.496 e. The van der Waals surface area contributed by atoms with E-state index in [0.29, 0.717) is 6.42 Å². The number of carbonyl (C=O) groups excluding carboxylic acids is 1. The van der Waals surface area contributed by atoms with Gasteiger partial charge in [0.2, 0.25) is 0 Å². The Labute approximate surface area is 88.7 Å². The molecule has 0 aliphatic carbocycles. The van der Waals surface area contributed by atoms with Gasteiger partial charge in [-0.05, 0) is 30.4 Å². The number of hydrogen-bond donors (Lipinski definition) is 0. The Kier molecular flexibility index (Phi) is 4.53. The highest BCUT2D eigenvalue weighted by atomic mass is 32.2. The quantitative estimate of drug-likeness (QED) is 0.552. The smallest absolute Gasteiger partial charge is 0.132 e. The van der Waals surface area contributed by atoms with Crippen molar-refractivity contribution >= 4 is 18.0 Å². The molecule has 1 rings (SSSR count). The molecule has 2 nitrogen and oxygen atoms in total. The van der Waals surface area contributed by atoms with E-state index in [2.05, 4.69) is 0 Å². The Balaban J connectivity index is 2.83. The number of benzene rings is 1. The lowest BCUT2D eigenvalue weighted by molar-refractivity contribution is -0.107. The summed E-state index contributed by atoms with van der Waals surface area (Å²) in [6, 6.07) is 6.07. The van der Waals surface area contributed by atoms with Crippen LogP contribution in [0.1, 0.15) is 12.0 Å². The number of rotatable bonds is 5. The molecule has 0 atom stereocenters. The van der Waals surface area contributed by atoms with Gasteiger partial charge in [-0.2, -0.15) is 0 Å². The van der Waals surface area contributed by atoms with Gasteiger partial charge < -0.3 is 9.53 Å². The van der Waals surface area contributed by atoms with E-state index in [1.165, 1.54) is 0 Å². The average molecular weight is 210 g/mol. The first-order chi connectivity index (χ1) is 6.81. The van der Waals surface area contributed by atoms with Gasteiger partial charge in [0.1, 0.15) is 12.0 Å². The summed E-state index contributed by atoms with van der Waals surface area (Å²) >= 11 is 1.66. The molecule has 0 heterocycles. The maximum Gasteiger partial charge on any atom is 0.132 e. The molecule has 1 aromatic rings. The molecule has 0 bridgehead atoms. The van der Waals surface area contributed by atoms with Crippen molar-refractivity contribution in [3.05, 3.63) is 23.8 Å². The van der Waals surface area contributed by atoms with Gasteiger partial charge in [-0.25, -0.2) is 0 Å². The second-order valence-corrected chi connectivity index (χ2v) is 3.74. The predicted molar refractivity (Wildman–Crippen MR) is 59.2 cm³/mol. The van der Waals surface area contributed by atoms with Crippen LogP contribution in [-0.4, -0.2) is 19.7 Å². The Morgan fingerprint density at radius 3 is 2.86 bits per heavy atom. The normalized spacial score (nSPS) is 9.86. The topological polar surface area (TPSA) is 26.3 Å². The molecule has 0 radical (unpaired) electrons. The molecular weight excluding hydrogens is 196 g/mol. The van der Waals surface area contributed by atoms with Crippen LogP contribution in [0.25, 0.3) is 0 Å². The molecular formula is C11H14O2S. The van der Waals surface area contributed by atoms with Crippen LogP contribution in [-0.2, 0) is 11.2 Å². The Hall–Kier alpha value is -0.960. The predicted octanol–water partition coefficient (Wildman–Crippen LogP) is 2.55. The van der Waals surface area contributed by atoms with Crippen molar-refractivity contribution in [2.75, 3.05) is 13.4 Å². The summed E-state index contributed by atoms with van der Waals surface area (Å²) in [5.41, 5.74) is 1.15. The van der Waals surface area contributed by atoms with E-state index in [1.54, 1.807) is 18.9 Å². The van der Waals surface area contributed by atoms with Crippen LogP contribution in [0.3, 0.4) is 0 Å². The van der Waals surface area contributed by atoms with Crippen molar-refractivity contribution < 1.29 is 9.53 Å². The first-order valence-corrected chi connectivity index (χ1v) is 5.69. The van der Waals surface area contributed by atoms with Crippen molar-refractivity contribution in [1.82, 2.24) is 0 Å². The minimum absolute atomic E-state index is 0.571. The van der Waals surface area contributed by atoms with E-state index in [4.69, 9.17) is 4.74 Å². The minimum Gasteiger partial charge on any atom is -0.496 e. The lowest BCUT2D eigenvalue weighted by Crippen LogP contribution is -1.90. The second kappa shape index (κ2) is 5.70. The summed E-state index contributed by atoms with van der Waals surface area (Å²) in [6.45, 7) is 0. The van der Waals surface area contributed by atoms with E-state index in [0.717, 1.165) is 28.9 Å². The van der Waals surface area contributed by atoms with Crippen LogP contribution < -0.4 is 4.74 Å². The van der Waals surface area contributed by atoms with Crippen molar-refractivity contribution in [3.8, 4) is 5.75 Å². The van der Waals surface area contributed by atoms with E-state index in [9.17, 15) is 4.79 Å². The highest BCUT2D eigenvalue weighted by Crippen LogP contribution is 2.28. The molecule has 0 amide bonds. The third-order valence-electron chi connectivity index (χ3n) is 2.00. The SMILES string of the molecule is COc1cc(CCC=O)ccc1SC. The number of carbonyl (C=O) groups is 1. The zero-order valence-corrected chi connectivity index (χ0v) is 9.26. The zero-order valence-electron chi connectivity index (χ0n) is 8.45.